The van der Waals surface area contributed by atoms with Gasteiger partial charge in [-0.15, -0.1) is 0 Å². The summed E-state index contributed by atoms with van der Waals surface area (Å²) in [5.41, 5.74) is 4.63. The third kappa shape index (κ3) is 4.13. The first-order valence-corrected chi connectivity index (χ1v) is 12.7. The summed E-state index contributed by atoms with van der Waals surface area (Å²) in [5, 5.41) is 9.76. The molecule has 1 aliphatic carbocycles. The number of benzene rings is 2. The van der Waals surface area contributed by atoms with Crippen LogP contribution >= 0.6 is 0 Å². The van der Waals surface area contributed by atoms with Crippen molar-refractivity contribution in [2.75, 3.05) is 19.1 Å². The quantitative estimate of drug-likeness (QED) is 0.507. The lowest BCUT2D eigenvalue weighted by Gasteiger charge is -2.34. The van der Waals surface area contributed by atoms with Crippen LogP contribution in [0.25, 0.3) is 11.0 Å². The normalized spacial score (nSPS) is 22.8. The lowest BCUT2D eigenvalue weighted by atomic mass is 9.85. The number of carbonyl (C=O) groups is 2. The molecule has 0 bridgehead atoms. The summed E-state index contributed by atoms with van der Waals surface area (Å²) >= 11 is 0. The van der Waals surface area contributed by atoms with Crippen molar-refractivity contribution in [3.63, 3.8) is 0 Å². The van der Waals surface area contributed by atoms with Gasteiger partial charge >= 0.3 is 12.1 Å². The smallest absolute Gasteiger partial charge is 0.414 e. The van der Waals surface area contributed by atoms with Crippen LogP contribution in [-0.2, 0) is 20.7 Å². The molecule has 2 heterocycles. The zero-order chi connectivity index (χ0) is 25.4. The van der Waals surface area contributed by atoms with E-state index in [9.17, 15) is 14.7 Å². The van der Waals surface area contributed by atoms with Gasteiger partial charge in [0.15, 0.2) is 0 Å². The molecule has 2 aromatic carbocycles. The number of fused-ring (bicyclic) bond motifs is 3. The topological polar surface area (TPSA) is 93.9 Å². The van der Waals surface area contributed by atoms with E-state index in [0.29, 0.717) is 12.8 Å². The first kappa shape index (κ1) is 24.3. The van der Waals surface area contributed by atoms with E-state index in [0.717, 1.165) is 59.4 Å². The average molecular weight is 492 g/mol. The summed E-state index contributed by atoms with van der Waals surface area (Å²) in [6.45, 7) is 2.03. The average Bonchev–Trinajstić information content (AvgIpc) is 3.28. The van der Waals surface area contributed by atoms with E-state index >= 15 is 0 Å². The molecule has 1 fully saturated rings. The van der Waals surface area contributed by atoms with Gasteiger partial charge in [-0.05, 0) is 56.7 Å². The van der Waals surface area contributed by atoms with Crippen molar-refractivity contribution in [3.8, 4) is 0 Å². The number of imidazole rings is 1. The molecule has 1 aromatic heterocycles. The number of methoxy groups -OCH3 is 2. The summed E-state index contributed by atoms with van der Waals surface area (Å²) in [5.74, 6) is -0.344. The van der Waals surface area contributed by atoms with Gasteiger partial charge < -0.3 is 19.1 Å². The van der Waals surface area contributed by atoms with Crippen molar-refractivity contribution in [2.24, 2.45) is 5.92 Å². The third-order valence-corrected chi connectivity index (χ3v) is 7.79. The van der Waals surface area contributed by atoms with E-state index in [4.69, 9.17) is 14.5 Å². The standard InChI is InChI=1S/C28H33N3O5/c1-17-12-13-21-22(30(17)28(34)36-3)14-15-23-24(21)29-26(25(35-2)18-8-5-4-6-9-18)31(23)20-11-7-10-19(16-20)27(32)33/h4-6,8-9,14-15,17,19-20,25H,7,10-13,16H2,1-3H3,(H,32,33)/t17-,19+,20+,25?/m0/s1. The first-order chi connectivity index (χ1) is 17.4. The van der Waals surface area contributed by atoms with Gasteiger partial charge in [0.2, 0.25) is 0 Å². The monoisotopic (exact) mass is 491 g/mol. The molecule has 4 atom stereocenters. The van der Waals surface area contributed by atoms with E-state index in [1.807, 2.05) is 49.4 Å². The number of aliphatic carboxylic acids is 1. The lowest BCUT2D eigenvalue weighted by molar-refractivity contribution is -0.143. The Hall–Kier alpha value is -3.39. The van der Waals surface area contributed by atoms with Crippen LogP contribution in [0.5, 0.6) is 0 Å². The fraction of sp³-hybridized carbons (Fsp3) is 0.464. The van der Waals surface area contributed by atoms with Gasteiger partial charge in [-0.3, -0.25) is 9.69 Å². The van der Waals surface area contributed by atoms with Crippen LogP contribution in [0.1, 0.15) is 68.1 Å². The maximum Gasteiger partial charge on any atom is 0.414 e. The number of aromatic nitrogens is 2. The van der Waals surface area contributed by atoms with Crippen molar-refractivity contribution in [3.05, 3.63) is 59.4 Å². The number of carbonyl (C=O) groups excluding carboxylic acids is 1. The van der Waals surface area contributed by atoms with Crippen molar-refractivity contribution in [2.45, 2.75) is 63.6 Å². The van der Waals surface area contributed by atoms with Gasteiger partial charge in [0.25, 0.3) is 0 Å². The summed E-state index contributed by atoms with van der Waals surface area (Å²) < 4.78 is 13.3. The maximum absolute atomic E-state index is 12.6. The Morgan fingerprint density at radius 2 is 1.86 bits per heavy atom. The second kappa shape index (κ2) is 9.93. The Kier molecular flexibility index (Phi) is 6.71. The van der Waals surface area contributed by atoms with Gasteiger partial charge in [0.05, 0.1) is 29.7 Å². The highest BCUT2D eigenvalue weighted by Gasteiger charge is 2.35. The highest BCUT2D eigenvalue weighted by Crippen LogP contribution is 2.42. The zero-order valence-electron chi connectivity index (χ0n) is 21.0. The number of nitrogens with zero attached hydrogens (tertiary/aromatic N) is 3. The van der Waals surface area contributed by atoms with E-state index in [1.165, 1.54) is 7.11 Å². The van der Waals surface area contributed by atoms with Crippen LogP contribution in [0.2, 0.25) is 0 Å². The second-order valence-corrected chi connectivity index (χ2v) is 9.88. The molecule has 2 aliphatic rings. The molecule has 36 heavy (non-hydrogen) atoms. The minimum atomic E-state index is -0.739. The van der Waals surface area contributed by atoms with Crippen molar-refractivity contribution < 1.29 is 24.2 Å². The Bertz CT molecular complexity index is 1270. The number of aryl methyl sites for hydroxylation is 1. The third-order valence-electron chi connectivity index (χ3n) is 7.79. The number of carboxylic acids is 1. The molecule has 0 radical (unpaired) electrons. The van der Waals surface area contributed by atoms with Crippen LogP contribution < -0.4 is 4.90 Å². The van der Waals surface area contributed by atoms with E-state index in [-0.39, 0.29) is 24.1 Å². The van der Waals surface area contributed by atoms with Gasteiger partial charge in [-0.1, -0.05) is 36.8 Å². The summed E-state index contributed by atoms with van der Waals surface area (Å²) in [6.07, 6.45) is 3.81. The second-order valence-electron chi connectivity index (χ2n) is 9.88. The molecule has 8 heteroatoms. The molecule has 1 N–H and O–H groups in total. The van der Waals surface area contributed by atoms with Gasteiger partial charge in [-0.25, -0.2) is 9.78 Å². The van der Waals surface area contributed by atoms with Crippen LogP contribution in [-0.4, -0.2) is 47.0 Å². The van der Waals surface area contributed by atoms with Crippen molar-refractivity contribution in [1.82, 2.24) is 9.55 Å². The Labute approximate surface area is 210 Å². The predicted octanol–water partition coefficient (Wildman–Crippen LogP) is 5.50. The Morgan fingerprint density at radius 3 is 2.56 bits per heavy atom. The molecule has 8 nitrogen and oxygen atoms in total. The van der Waals surface area contributed by atoms with E-state index < -0.39 is 12.1 Å². The molecule has 3 aromatic rings. The summed E-state index contributed by atoms with van der Waals surface area (Å²) in [7, 11) is 3.08. The van der Waals surface area contributed by atoms with Gasteiger partial charge in [0.1, 0.15) is 11.9 Å². The van der Waals surface area contributed by atoms with Crippen LogP contribution in [0.3, 0.4) is 0 Å². The number of anilines is 1. The molecule has 1 amide bonds. The number of ether oxygens (including phenoxy) is 2. The lowest BCUT2D eigenvalue weighted by Crippen LogP contribution is -2.42. The predicted molar refractivity (Wildman–Crippen MR) is 136 cm³/mol. The number of carboxylic acid groups (broad SMARTS) is 1. The number of amides is 1. The first-order valence-electron chi connectivity index (χ1n) is 12.7. The summed E-state index contributed by atoms with van der Waals surface area (Å²) in [6, 6.07) is 14.0. The maximum atomic E-state index is 12.6. The van der Waals surface area contributed by atoms with Crippen LogP contribution in [0.4, 0.5) is 10.5 Å². The molecule has 5 rings (SSSR count). The molecule has 0 spiro atoms. The molecule has 190 valence electrons. The van der Waals surface area contributed by atoms with Crippen LogP contribution in [0, 0.1) is 5.92 Å². The molecule has 0 saturated heterocycles. The van der Waals surface area contributed by atoms with Gasteiger partial charge in [-0.2, -0.15) is 0 Å². The Balaban J connectivity index is 1.71. The van der Waals surface area contributed by atoms with Crippen molar-refractivity contribution in [1.29, 1.82) is 0 Å². The minimum Gasteiger partial charge on any atom is -0.481 e. The summed E-state index contributed by atoms with van der Waals surface area (Å²) in [4.78, 5) is 31.4. The molecule has 1 unspecified atom stereocenters. The van der Waals surface area contributed by atoms with Gasteiger partial charge in [0, 0.05) is 24.8 Å². The van der Waals surface area contributed by atoms with Crippen LogP contribution in [0.15, 0.2) is 42.5 Å². The van der Waals surface area contributed by atoms with E-state index in [1.54, 1.807) is 12.0 Å². The zero-order valence-corrected chi connectivity index (χ0v) is 21.0. The van der Waals surface area contributed by atoms with Crippen molar-refractivity contribution >= 4 is 28.8 Å². The molecular weight excluding hydrogens is 458 g/mol. The Morgan fingerprint density at radius 1 is 1.08 bits per heavy atom. The minimum absolute atomic E-state index is 0.00140. The number of hydrogen-bond donors (Lipinski definition) is 1. The molecule has 1 saturated carbocycles. The fourth-order valence-electron chi connectivity index (χ4n) is 6.00. The fourth-order valence-corrected chi connectivity index (χ4v) is 6.00. The SMILES string of the molecule is COC(=O)N1c2ccc3c(nc(C(OC)c4ccccc4)n3[C@@H]3CCC[C@@H](C(=O)O)C3)c2CC[C@@H]1C. The largest absolute Gasteiger partial charge is 0.481 e. The number of hydrogen-bond acceptors (Lipinski definition) is 5. The molecule has 1 aliphatic heterocycles. The molecular formula is C28H33N3O5. The van der Waals surface area contributed by atoms with E-state index in [2.05, 4.69) is 4.57 Å². The number of rotatable bonds is 5. The highest BCUT2D eigenvalue weighted by atomic mass is 16.5. The highest BCUT2D eigenvalue weighted by molar-refractivity contribution is 5.95.